The molecule has 0 aliphatic heterocycles. The number of hydrogen-bond donors (Lipinski definition) is 3. The minimum absolute atomic E-state index is 0.0189. The highest BCUT2D eigenvalue weighted by Gasteiger charge is 2.14. The van der Waals surface area contributed by atoms with Gasteiger partial charge in [0.15, 0.2) is 5.13 Å². The van der Waals surface area contributed by atoms with Gasteiger partial charge in [-0.3, -0.25) is 15.4 Å². The summed E-state index contributed by atoms with van der Waals surface area (Å²) in [6, 6.07) is 3.56. The van der Waals surface area contributed by atoms with Gasteiger partial charge in [0, 0.05) is 12.1 Å². The fourth-order valence-corrected chi connectivity index (χ4v) is 3.28. The zero-order valence-corrected chi connectivity index (χ0v) is 13.9. The SMILES string of the molecule is CSCCC(CO)NC(=O)Nc1nc2ccc([N+](=O)[O-])cc2s1. The first-order chi connectivity index (χ1) is 11.0. The first-order valence-corrected chi connectivity index (χ1v) is 8.97. The standard InChI is InChI=1S/C13H16N4O4S2/c1-22-5-4-8(7-18)14-12(19)16-13-15-10-3-2-9(17(20)21)6-11(10)23-13/h2-3,6,8,18H,4-5,7H2,1H3,(H2,14,15,16,19). The number of nitrogens with zero attached hydrogens (tertiary/aromatic N) is 2. The third-order valence-corrected chi connectivity index (χ3v) is 4.61. The minimum atomic E-state index is -0.476. The van der Waals surface area contributed by atoms with Crippen LogP contribution < -0.4 is 10.6 Å². The van der Waals surface area contributed by atoms with Crippen molar-refractivity contribution in [3.63, 3.8) is 0 Å². The highest BCUT2D eigenvalue weighted by atomic mass is 32.2. The van der Waals surface area contributed by atoms with Gasteiger partial charge in [0.1, 0.15) is 0 Å². The van der Waals surface area contributed by atoms with Crippen LogP contribution in [0.4, 0.5) is 15.6 Å². The number of aliphatic hydroxyl groups excluding tert-OH is 1. The first-order valence-electron chi connectivity index (χ1n) is 6.75. The summed E-state index contributed by atoms with van der Waals surface area (Å²) >= 11 is 2.79. The van der Waals surface area contributed by atoms with Crippen molar-refractivity contribution in [3.8, 4) is 0 Å². The Morgan fingerprint density at radius 2 is 2.35 bits per heavy atom. The van der Waals surface area contributed by atoms with Crippen LogP contribution in [0.5, 0.6) is 0 Å². The van der Waals surface area contributed by atoms with Gasteiger partial charge in [0.2, 0.25) is 0 Å². The minimum Gasteiger partial charge on any atom is -0.394 e. The molecule has 0 bridgehead atoms. The summed E-state index contributed by atoms with van der Waals surface area (Å²) < 4.78 is 0.621. The van der Waals surface area contributed by atoms with E-state index >= 15 is 0 Å². The van der Waals surface area contributed by atoms with Gasteiger partial charge in [-0.2, -0.15) is 11.8 Å². The Bertz CT molecular complexity index is 706. The maximum Gasteiger partial charge on any atom is 0.321 e. The molecule has 0 saturated heterocycles. The molecule has 0 aliphatic carbocycles. The number of nitro groups is 1. The van der Waals surface area contributed by atoms with E-state index < -0.39 is 11.0 Å². The van der Waals surface area contributed by atoms with Crippen molar-refractivity contribution in [2.45, 2.75) is 12.5 Å². The number of hydrogen-bond acceptors (Lipinski definition) is 7. The van der Waals surface area contributed by atoms with Gasteiger partial charge < -0.3 is 10.4 Å². The largest absolute Gasteiger partial charge is 0.394 e. The fraction of sp³-hybridized carbons (Fsp3) is 0.385. The molecule has 2 rings (SSSR count). The van der Waals surface area contributed by atoms with E-state index in [1.54, 1.807) is 17.8 Å². The Hall–Kier alpha value is -1.91. The Balaban J connectivity index is 2.03. The number of aliphatic hydroxyl groups is 1. The van der Waals surface area contributed by atoms with Crippen LogP contribution in [0.1, 0.15) is 6.42 Å². The van der Waals surface area contributed by atoms with Crippen LogP contribution in [-0.2, 0) is 0 Å². The van der Waals surface area contributed by atoms with E-state index in [1.165, 1.54) is 12.1 Å². The number of anilines is 1. The maximum atomic E-state index is 11.9. The molecule has 0 spiro atoms. The lowest BCUT2D eigenvalue weighted by Crippen LogP contribution is -2.40. The monoisotopic (exact) mass is 356 g/mol. The molecule has 0 aliphatic rings. The normalized spacial score (nSPS) is 12.1. The number of carbonyl (C=O) groups excluding carboxylic acids is 1. The van der Waals surface area contributed by atoms with E-state index in [2.05, 4.69) is 15.6 Å². The molecule has 1 aromatic heterocycles. The molecule has 8 nitrogen and oxygen atoms in total. The van der Waals surface area contributed by atoms with Crippen molar-refractivity contribution >= 4 is 50.2 Å². The second-order valence-electron chi connectivity index (χ2n) is 4.69. The third kappa shape index (κ3) is 4.78. The van der Waals surface area contributed by atoms with Crippen molar-refractivity contribution in [1.82, 2.24) is 10.3 Å². The van der Waals surface area contributed by atoms with E-state index in [9.17, 15) is 20.0 Å². The van der Waals surface area contributed by atoms with Crippen molar-refractivity contribution in [2.75, 3.05) is 23.9 Å². The molecule has 2 amide bonds. The van der Waals surface area contributed by atoms with E-state index in [0.717, 1.165) is 17.1 Å². The average Bonchev–Trinajstić information content (AvgIpc) is 2.92. The van der Waals surface area contributed by atoms with Gasteiger partial charge in [-0.1, -0.05) is 11.3 Å². The van der Waals surface area contributed by atoms with E-state index in [-0.39, 0.29) is 18.3 Å². The molecular weight excluding hydrogens is 340 g/mol. The zero-order valence-electron chi connectivity index (χ0n) is 12.3. The number of amides is 2. The molecule has 23 heavy (non-hydrogen) atoms. The van der Waals surface area contributed by atoms with Gasteiger partial charge in [0.05, 0.1) is 27.8 Å². The molecule has 0 saturated carbocycles. The van der Waals surface area contributed by atoms with Crippen molar-refractivity contribution in [2.24, 2.45) is 0 Å². The van der Waals surface area contributed by atoms with Crippen molar-refractivity contribution in [3.05, 3.63) is 28.3 Å². The summed E-state index contributed by atoms with van der Waals surface area (Å²) in [6.45, 7) is -0.139. The summed E-state index contributed by atoms with van der Waals surface area (Å²) in [4.78, 5) is 26.4. The van der Waals surface area contributed by atoms with E-state index in [1.807, 2.05) is 6.26 Å². The summed E-state index contributed by atoms with van der Waals surface area (Å²) in [6.07, 6.45) is 2.62. The van der Waals surface area contributed by atoms with Crippen LogP contribution in [0.25, 0.3) is 10.2 Å². The predicted octanol–water partition coefficient (Wildman–Crippen LogP) is 2.44. The number of urea groups is 1. The molecule has 2 aromatic rings. The lowest BCUT2D eigenvalue weighted by Gasteiger charge is -2.15. The molecule has 3 N–H and O–H groups in total. The number of non-ortho nitro benzene ring substituents is 1. The fourth-order valence-electron chi connectivity index (χ4n) is 1.87. The highest BCUT2D eigenvalue weighted by molar-refractivity contribution is 7.98. The van der Waals surface area contributed by atoms with Gasteiger partial charge in [0.25, 0.3) is 5.69 Å². The van der Waals surface area contributed by atoms with Gasteiger partial charge in [-0.05, 0) is 24.5 Å². The average molecular weight is 356 g/mol. The number of rotatable bonds is 7. The number of nitrogens with one attached hydrogen (secondary N) is 2. The lowest BCUT2D eigenvalue weighted by atomic mass is 10.2. The van der Waals surface area contributed by atoms with E-state index in [0.29, 0.717) is 21.8 Å². The maximum absolute atomic E-state index is 11.9. The van der Waals surface area contributed by atoms with E-state index in [4.69, 9.17) is 0 Å². The number of nitro benzene ring substituents is 1. The summed E-state index contributed by atoms with van der Waals surface area (Å²) in [5, 5.41) is 25.6. The number of benzene rings is 1. The van der Waals surface area contributed by atoms with Gasteiger partial charge >= 0.3 is 6.03 Å². The number of carbonyl (C=O) groups is 1. The van der Waals surface area contributed by atoms with Crippen LogP contribution in [0.2, 0.25) is 0 Å². The summed E-state index contributed by atoms with van der Waals surface area (Å²) in [5.74, 6) is 0.830. The van der Waals surface area contributed by atoms with Crippen LogP contribution in [0.15, 0.2) is 18.2 Å². The molecule has 0 radical (unpaired) electrons. The third-order valence-electron chi connectivity index (χ3n) is 3.03. The number of thioether (sulfide) groups is 1. The molecule has 10 heteroatoms. The highest BCUT2D eigenvalue weighted by Crippen LogP contribution is 2.29. The second-order valence-corrected chi connectivity index (χ2v) is 6.70. The van der Waals surface area contributed by atoms with Crippen molar-refractivity contribution < 1.29 is 14.8 Å². The first kappa shape index (κ1) is 17.4. The smallest absolute Gasteiger partial charge is 0.321 e. The molecule has 124 valence electrons. The van der Waals surface area contributed by atoms with Crippen LogP contribution in [-0.4, -0.2) is 45.7 Å². The summed E-state index contributed by atoms with van der Waals surface area (Å²) in [7, 11) is 0. The summed E-state index contributed by atoms with van der Waals surface area (Å²) in [5.41, 5.74) is 0.562. The van der Waals surface area contributed by atoms with Gasteiger partial charge in [-0.15, -0.1) is 0 Å². The number of thiazole rings is 1. The predicted molar refractivity (Wildman–Crippen MR) is 92.3 cm³/mol. The molecule has 1 atom stereocenters. The molecule has 1 aromatic carbocycles. The Kier molecular flexibility index (Phi) is 6.13. The Labute approximate surface area is 140 Å². The van der Waals surface area contributed by atoms with Crippen LogP contribution >= 0.6 is 23.1 Å². The molecule has 1 heterocycles. The van der Waals surface area contributed by atoms with Crippen LogP contribution in [0.3, 0.4) is 0 Å². The number of fused-ring (bicyclic) bond motifs is 1. The second kappa shape index (κ2) is 8.09. The molecule has 1 unspecified atom stereocenters. The van der Waals surface area contributed by atoms with Gasteiger partial charge in [-0.25, -0.2) is 9.78 Å². The Morgan fingerprint density at radius 1 is 1.57 bits per heavy atom. The topological polar surface area (TPSA) is 117 Å². The zero-order chi connectivity index (χ0) is 16.8. The van der Waals surface area contributed by atoms with Crippen molar-refractivity contribution in [1.29, 1.82) is 0 Å². The lowest BCUT2D eigenvalue weighted by molar-refractivity contribution is -0.384. The molecule has 0 fully saturated rings. The quantitative estimate of drug-likeness (QED) is 0.518. The molecular formula is C13H16N4O4S2. The van der Waals surface area contributed by atoms with Crippen LogP contribution in [0, 0.1) is 10.1 Å². The number of aromatic nitrogens is 1. The Morgan fingerprint density at radius 3 is 3.00 bits per heavy atom.